The molecular formula is C16H26N2O2S. The van der Waals surface area contributed by atoms with Gasteiger partial charge in [-0.2, -0.15) is 4.31 Å². The van der Waals surface area contributed by atoms with Crippen LogP contribution in [0.2, 0.25) is 0 Å². The number of rotatable bonds is 4. The first-order valence-electron chi connectivity index (χ1n) is 7.52. The fraction of sp³-hybridized carbons (Fsp3) is 0.625. The van der Waals surface area contributed by atoms with Gasteiger partial charge in [0.1, 0.15) is 0 Å². The molecule has 0 atom stereocenters. The van der Waals surface area contributed by atoms with Gasteiger partial charge in [-0.15, -0.1) is 0 Å². The summed E-state index contributed by atoms with van der Waals surface area (Å²) in [6.45, 7) is 4.52. The summed E-state index contributed by atoms with van der Waals surface area (Å²) in [6, 6.07) is 7.05. The largest absolute Gasteiger partial charge is 0.388 e. The minimum Gasteiger partial charge on any atom is -0.388 e. The molecule has 1 aromatic rings. The van der Waals surface area contributed by atoms with Crippen LogP contribution in [0, 0.1) is 5.41 Å². The molecule has 1 fully saturated rings. The smallest absolute Gasteiger partial charge is 0.243 e. The number of hydrogen-bond donors (Lipinski definition) is 1. The van der Waals surface area contributed by atoms with Crippen molar-refractivity contribution in [2.24, 2.45) is 5.41 Å². The minimum absolute atomic E-state index is 0.118. The lowest BCUT2D eigenvalue weighted by Crippen LogP contribution is -2.40. The SMILES string of the molecule is CNc1ccc(S(=O)(=O)N(C)C2CCC(C)(C)CC2)cc1. The van der Waals surface area contributed by atoms with Crippen molar-refractivity contribution in [3.8, 4) is 0 Å². The van der Waals surface area contributed by atoms with E-state index in [2.05, 4.69) is 19.2 Å². The van der Waals surface area contributed by atoms with Crippen LogP contribution in [0.3, 0.4) is 0 Å². The molecule has 1 aliphatic rings. The van der Waals surface area contributed by atoms with E-state index in [-0.39, 0.29) is 6.04 Å². The molecule has 0 radical (unpaired) electrons. The zero-order valence-electron chi connectivity index (χ0n) is 13.4. The van der Waals surface area contributed by atoms with Crippen LogP contribution >= 0.6 is 0 Å². The third-order valence-electron chi connectivity index (χ3n) is 4.64. The lowest BCUT2D eigenvalue weighted by atomic mass is 9.76. The van der Waals surface area contributed by atoms with E-state index in [1.807, 2.05) is 7.05 Å². The molecule has 118 valence electrons. The molecule has 4 nitrogen and oxygen atoms in total. The van der Waals surface area contributed by atoms with Crippen LogP contribution in [0.15, 0.2) is 29.2 Å². The van der Waals surface area contributed by atoms with Crippen molar-refractivity contribution < 1.29 is 8.42 Å². The Bertz CT molecular complexity index is 569. The second-order valence-electron chi connectivity index (χ2n) is 6.69. The summed E-state index contributed by atoms with van der Waals surface area (Å²) >= 11 is 0. The molecule has 1 aliphatic carbocycles. The van der Waals surface area contributed by atoms with Crippen LogP contribution in [0.25, 0.3) is 0 Å². The molecule has 0 amide bonds. The summed E-state index contributed by atoms with van der Waals surface area (Å²) in [5.41, 5.74) is 1.26. The first-order chi connectivity index (χ1) is 9.76. The average molecular weight is 310 g/mol. The molecule has 0 saturated heterocycles. The highest BCUT2D eigenvalue weighted by Gasteiger charge is 2.33. The predicted molar refractivity (Wildman–Crippen MR) is 87.0 cm³/mol. The van der Waals surface area contributed by atoms with E-state index in [9.17, 15) is 8.42 Å². The number of anilines is 1. The van der Waals surface area contributed by atoms with Crippen molar-refractivity contribution in [3.63, 3.8) is 0 Å². The molecule has 21 heavy (non-hydrogen) atoms. The standard InChI is InChI=1S/C16H26N2O2S/c1-16(2)11-9-14(10-12-16)18(4)21(19,20)15-7-5-13(17-3)6-8-15/h5-8,14,17H,9-12H2,1-4H3. The van der Waals surface area contributed by atoms with E-state index < -0.39 is 10.0 Å². The maximum absolute atomic E-state index is 12.7. The maximum atomic E-state index is 12.7. The molecule has 1 saturated carbocycles. The summed E-state index contributed by atoms with van der Waals surface area (Å²) in [5.74, 6) is 0. The van der Waals surface area contributed by atoms with Gasteiger partial charge in [0.05, 0.1) is 4.90 Å². The van der Waals surface area contributed by atoms with Gasteiger partial charge in [-0.25, -0.2) is 8.42 Å². The number of hydrogen-bond acceptors (Lipinski definition) is 3. The summed E-state index contributed by atoms with van der Waals surface area (Å²) in [7, 11) is 0.136. The molecule has 0 aliphatic heterocycles. The van der Waals surface area contributed by atoms with E-state index in [4.69, 9.17) is 0 Å². The van der Waals surface area contributed by atoms with Crippen LogP contribution in [-0.4, -0.2) is 32.9 Å². The quantitative estimate of drug-likeness (QED) is 0.928. The summed E-state index contributed by atoms with van der Waals surface area (Å²) in [5, 5.41) is 3.00. The van der Waals surface area contributed by atoms with Gasteiger partial charge in [0, 0.05) is 25.8 Å². The molecule has 2 rings (SSSR count). The highest BCUT2D eigenvalue weighted by atomic mass is 32.2. The van der Waals surface area contributed by atoms with Crippen LogP contribution < -0.4 is 5.32 Å². The van der Waals surface area contributed by atoms with Crippen molar-refractivity contribution >= 4 is 15.7 Å². The second kappa shape index (κ2) is 5.97. The summed E-state index contributed by atoms with van der Waals surface area (Å²) in [6.07, 6.45) is 4.04. The zero-order chi connectivity index (χ0) is 15.7. The normalized spacial score (nSPS) is 19.7. The average Bonchev–Trinajstić information content (AvgIpc) is 2.46. The minimum atomic E-state index is -3.40. The van der Waals surface area contributed by atoms with Crippen molar-refractivity contribution in [1.82, 2.24) is 4.31 Å². The molecular weight excluding hydrogens is 284 g/mol. The molecule has 0 aromatic heterocycles. The number of nitrogens with zero attached hydrogens (tertiary/aromatic N) is 1. The van der Waals surface area contributed by atoms with Gasteiger partial charge < -0.3 is 5.32 Å². The van der Waals surface area contributed by atoms with E-state index in [0.29, 0.717) is 10.3 Å². The topological polar surface area (TPSA) is 49.4 Å². The van der Waals surface area contributed by atoms with E-state index in [1.54, 1.807) is 35.6 Å². The van der Waals surface area contributed by atoms with E-state index in [1.165, 1.54) is 0 Å². The van der Waals surface area contributed by atoms with Gasteiger partial charge >= 0.3 is 0 Å². The fourth-order valence-corrected chi connectivity index (χ4v) is 4.32. The van der Waals surface area contributed by atoms with Gasteiger partial charge in [0.15, 0.2) is 0 Å². The number of nitrogens with one attached hydrogen (secondary N) is 1. The lowest BCUT2D eigenvalue weighted by molar-refractivity contribution is 0.174. The molecule has 0 bridgehead atoms. The Hall–Kier alpha value is -1.07. The Morgan fingerprint density at radius 2 is 1.67 bits per heavy atom. The summed E-state index contributed by atoms with van der Waals surface area (Å²) < 4.78 is 27.0. The highest BCUT2D eigenvalue weighted by Crippen LogP contribution is 2.37. The molecule has 0 unspecified atom stereocenters. The molecule has 0 spiro atoms. The monoisotopic (exact) mass is 310 g/mol. The molecule has 1 N–H and O–H groups in total. The molecule has 0 heterocycles. The van der Waals surface area contributed by atoms with Crippen LogP contribution in [0.5, 0.6) is 0 Å². The van der Waals surface area contributed by atoms with Crippen molar-refractivity contribution in [3.05, 3.63) is 24.3 Å². The Kier molecular flexibility index (Phi) is 4.63. The lowest BCUT2D eigenvalue weighted by Gasteiger charge is -2.38. The third kappa shape index (κ3) is 3.58. The Labute approximate surface area is 128 Å². The Morgan fingerprint density at radius 3 is 2.14 bits per heavy atom. The van der Waals surface area contributed by atoms with Gasteiger partial charge in [-0.1, -0.05) is 13.8 Å². The molecule has 5 heteroatoms. The highest BCUT2D eigenvalue weighted by molar-refractivity contribution is 7.89. The molecule has 1 aromatic carbocycles. The number of benzene rings is 1. The predicted octanol–water partition coefficient (Wildman–Crippen LogP) is 3.32. The van der Waals surface area contributed by atoms with E-state index in [0.717, 1.165) is 31.4 Å². The zero-order valence-corrected chi connectivity index (χ0v) is 14.2. The Morgan fingerprint density at radius 1 is 1.14 bits per heavy atom. The van der Waals surface area contributed by atoms with Gasteiger partial charge in [-0.3, -0.25) is 0 Å². The maximum Gasteiger partial charge on any atom is 0.243 e. The van der Waals surface area contributed by atoms with Crippen molar-refractivity contribution in [1.29, 1.82) is 0 Å². The summed E-state index contributed by atoms with van der Waals surface area (Å²) in [4.78, 5) is 0.369. The Balaban J connectivity index is 2.15. The van der Waals surface area contributed by atoms with Crippen LogP contribution in [-0.2, 0) is 10.0 Å². The van der Waals surface area contributed by atoms with Crippen molar-refractivity contribution in [2.45, 2.75) is 50.5 Å². The second-order valence-corrected chi connectivity index (χ2v) is 8.69. The number of sulfonamides is 1. The first kappa shape index (κ1) is 16.3. The van der Waals surface area contributed by atoms with Gasteiger partial charge in [-0.05, 0) is 55.4 Å². The fourth-order valence-electron chi connectivity index (χ4n) is 2.90. The van der Waals surface area contributed by atoms with Gasteiger partial charge in [0.2, 0.25) is 10.0 Å². The third-order valence-corrected chi connectivity index (χ3v) is 6.57. The van der Waals surface area contributed by atoms with Gasteiger partial charge in [0.25, 0.3) is 0 Å². The van der Waals surface area contributed by atoms with Crippen LogP contribution in [0.4, 0.5) is 5.69 Å². The first-order valence-corrected chi connectivity index (χ1v) is 8.96. The van der Waals surface area contributed by atoms with Crippen molar-refractivity contribution in [2.75, 3.05) is 19.4 Å². The van der Waals surface area contributed by atoms with Crippen LogP contribution in [0.1, 0.15) is 39.5 Å². The van der Waals surface area contributed by atoms with E-state index >= 15 is 0 Å².